The van der Waals surface area contributed by atoms with Crippen LogP contribution in [0.2, 0.25) is 0 Å². The maximum absolute atomic E-state index is 3.73. The average molecular weight is 280 g/mol. The third-order valence-corrected chi connectivity index (χ3v) is 4.25. The van der Waals surface area contributed by atoms with Gasteiger partial charge in [-0.1, -0.05) is 48.5 Å². The van der Waals surface area contributed by atoms with E-state index in [1.54, 1.807) is 0 Å². The van der Waals surface area contributed by atoms with Crippen molar-refractivity contribution in [1.29, 1.82) is 0 Å². The Kier molecular flexibility index (Phi) is 4.26. The molecule has 2 aromatic carbocycles. The van der Waals surface area contributed by atoms with Crippen molar-refractivity contribution in [1.82, 2.24) is 5.32 Å². The van der Waals surface area contributed by atoms with Crippen LogP contribution in [0.5, 0.6) is 0 Å². The van der Waals surface area contributed by atoms with E-state index in [1.165, 1.54) is 16.8 Å². The van der Waals surface area contributed by atoms with Gasteiger partial charge in [0, 0.05) is 30.9 Å². The van der Waals surface area contributed by atoms with Gasteiger partial charge in [-0.3, -0.25) is 0 Å². The summed E-state index contributed by atoms with van der Waals surface area (Å²) in [6.45, 7) is 6.57. The number of benzene rings is 2. The molecule has 1 atom stereocenters. The second kappa shape index (κ2) is 6.31. The predicted molar refractivity (Wildman–Crippen MR) is 89.7 cm³/mol. The number of nitrogens with zero attached hydrogens (tertiary/aromatic N) is 1. The molecule has 0 radical (unpaired) electrons. The summed E-state index contributed by atoms with van der Waals surface area (Å²) in [5, 5.41) is 3.73. The Morgan fingerprint density at radius 2 is 1.76 bits per heavy atom. The van der Waals surface area contributed by atoms with Gasteiger partial charge in [-0.2, -0.15) is 0 Å². The Balaban J connectivity index is 1.81. The first-order valence-corrected chi connectivity index (χ1v) is 7.86. The highest BCUT2D eigenvalue weighted by Crippen LogP contribution is 2.25. The lowest BCUT2D eigenvalue weighted by Crippen LogP contribution is -2.42. The van der Waals surface area contributed by atoms with Crippen molar-refractivity contribution in [2.45, 2.75) is 38.9 Å². The van der Waals surface area contributed by atoms with Crippen LogP contribution < -0.4 is 10.2 Å². The smallest absolute Gasteiger partial charge is 0.0414 e. The Bertz CT molecular complexity index is 577. The third-order valence-electron chi connectivity index (χ3n) is 4.25. The number of hydrogen-bond acceptors (Lipinski definition) is 2. The van der Waals surface area contributed by atoms with Crippen LogP contribution in [0.15, 0.2) is 54.6 Å². The second-order valence-corrected chi connectivity index (χ2v) is 6.14. The Hall–Kier alpha value is -1.80. The fraction of sp³-hybridized carbons (Fsp3) is 0.368. The standard InChI is InChI=1S/C19H24N2/c1-15(2)21-14-18(12-16-8-4-3-5-9-16)20-13-17-10-6-7-11-19(17)21/h3-11,15,18,20H,12-14H2,1-2H3. The van der Waals surface area contributed by atoms with E-state index in [4.69, 9.17) is 0 Å². The van der Waals surface area contributed by atoms with Crippen LogP contribution >= 0.6 is 0 Å². The first-order chi connectivity index (χ1) is 10.2. The molecule has 0 saturated carbocycles. The van der Waals surface area contributed by atoms with Crippen molar-refractivity contribution in [3.8, 4) is 0 Å². The molecule has 0 amide bonds. The first kappa shape index (κ1) is 14.2. The zero-order valence-electron chi connectivity index (χ0n) is 12.9. The van der Waals surface area contributed by atoms with Crippen molar-refractivity contribution < 1.29 is 0 Å². The average Bonchev–Trinajstić information content (AvgIpc) is 2.69. The van der Waals surface area contributed by atoms with Gasteiger partial charge in [-0.15, -0.1) is 0 Å². The molecule has 0 saturated heterocycles. The fourth-order valence-electron chi connectivity index (χ4n) is 3.12. The first-order valence-electron chi connectivity index (χ1n) is 7.86. The third kappa shape index (κ3) is 3.27. The number of para-hydroxylation sites is 1. The molecule has 1 aliphatic heterocycles. The zero-order valence-corrected chi connectivity index (χ0v) is 12.9. The van der Waals surface area contributed by atoms with E-state index in [9.17, 15) is 0 Å². The molecule has 2 aromatic rings. The van der Waals surface area contributed by atoms with E-state index in [-0.39, 0.29) is 0 Å². The minimum Gasteiger partial charge on any atom is -0.367 e. The molecule has 110 valence electrons. The van der Waals surface area contributed by atoms with Crippen molar-refractivity contribution in [3.63, 3.8) is 0 Å². The van der Waals surface area contributed by atoms with Gasteiger partial charge < -0.3 is 10.2 Å². The molecular weight excluding hydrogens is 256 g/mol. The SMILES string of the molecule is CC(C)N1CC(Cc2ccccc2)NCc2ccccc21. The van der Waals surface area contributed by atoms with Gasteiger partial charge in [0.15, 0.2) is 0 Å². The number of anilines is 1. The maximum atomic E-state index is 3.73. The number of fused-ring (bicyclic) bond motifs is 1. The van der Waals surface area contributed by atoms with Gasteiger partial charge in [-0.25, -0.2) is 0 Å². The summed E-state index contributed by atoms with van der Waals surface area (Å²) in [5.74, 6) is 0. The molecule has 0 aromatic heterocycles. The summed E-state index contributed by atoms with van der Waals surface area (Å²) in [5.41, 5.74) is 4.20. The predicted octanol–water partition coefficient (Wildman–Crippen LogP) is 3.62. The molecule has 0 spiro atoms. The fourth-order valence-corrected chi connectivity index (χ4v) is 3.12. The van der Waals surface area contributed by atoms with Crippen LogP contribution in [0.25, 0.3) is 0 Å². The highest BCUT2D eigenvalue weighted by molar-refractivity contribution is 5.55. The summed E-state index contributed by atoms with van der Waals surface area (Å²) in [6.07, 6.45) is 1.08. The van der Waals surface area contributed by atoms with E-state index in [0.29, 0.717) is 12.1 Å². The molecule has 1 N–H and O–H groups in total. The highest BCUT2D eigenvalue weighted by Gasteiger charge is 2.22. The Morgan fingerprint density at radius 3 is 2.52 bits per heavy atom. The lowest BCUT2D eigenvalue weighted by molar-refractivity contribution is 0.500. The minimum atomic E-state index is 0.488. The largest absolute Gasteiger partial charge is 0.367 e. The molecule has 0 fully saturated rings. The van der Waals surface area contributed by atoms with Crippen LogP contribution in [-0.4, -0.2) is 18.6 Å². The molecule has 0 bridgehead atoms. The van der Waals surface area contributed by atoms with Crippen molar-refractivity contribution in [2.75, 3.05) is 11.4 Å². The lowest BCUT2D eigenvalue weighted by atomic mass is 10.1. The molecular formula is C19H24N2. The molecule has 1 aliphatic rings. The molecule has 1 heterocycles. The number of rotatable bonds is 3. The van der Waals surface area contributed by atoms with Gasteiger partial charge in [0.25, 0.3) is 0 Å². The van der Waals surface area contributed by atoms with Crippen LogP contribution in [0.1, 0.15) is 25.0 Å². The molecule has 2 heteroatoms. The van der Waals surface area contributed by atoms with E-state index in [0.717, 1.165) is 19.5 Å². The van der Waals surface area contributed by atoms with E-state index < -0.39 is 0 Å². The summed E-state index contributed by atoms with van der Waals surface area (Å²) >= 11 is 0. The number of nitrogens with one attached hydrogen (secondary N) is 1. The summed E-state index contributed by atoms with van der Waals surface area (Å²) in [4.78, 5) is 2.53. The summed E-state index contributed by atoms with van der Waals surface area (Å²) in [6, 6.07) is 20.6. The minimum absolute atomic E-state index is 0.488. The van der Waals surface area contributed by atoms with Gasteiger partial charge in [0.2, 0.25) is 0 Å². The van der Waals surface area contributed by atoms with E-state index in [1.807, 2.05) is 0 Å². The van der Waals surface area contributed by atoms with Gasteiger partial charge in [0.1, 0.15) is 0 Å². The molecule has 0 aliphatic carbocycles. The highest BCUT2D eigenvalue weighted by atomic mass is 15.2. The van der Waals surface area contributed by atoms with Gasteiger partial charge in [-0.05, 0) is 37.5 Å². The maximum Gasteiger partial charge on any atom is 0.0414 e. The molecule has 1 unspecified atom stereocenters. The van der Waals surface area contributed by atoms with Crippen LogP contribution in [0.4, 0.5) is 5.69 Å². The molecule has 3 rings (SSSR count). The summed E-state index contributed by atoms with van der Waals surface area (Å²) in [7, 11) is 0. The van der Waals surface area contributed by atoms with Gasteiger partial charge in [0.05, 0.1) is 0 Å². The normalized spacial score (nSPS) is 18.4. The van der Waals surface area contributed by atoms with Crippen LogP contribution in [-0.2, 0) is 13.0 Å². The van der Waals surface area contributed by atoms with Crippen molar-refractivity contribution in [2.24, 2.45) is 0 Å². The van der Waals surface area contributed by atoms with E-state index >= 15 is 0 Å². The zero-order chi connectivity index (χ0) is 14.7. The lowest BCUT2D eigenvalue weighted by Gasteiger charge is -2.31. The topological polar surface area (TPSA) is 15.3 Å². The molecule has 21 heavy (non-hydrogen) atoms. The summed E-state index contributed by atoms with van der Waals surface area (Å²) < 4.78 is 0. The van der Waals surface area contributed by atoms with E-state index in [2.05, 4.69) is 78.7 Å². The monoisotopic (exact) mass is 280 g/mol. The van der Waals surface area contributed by atoms with Crippen LogP contribution in [0, 0.1) is 0 Å². The van der Waals surface area contributed by atoms with Crippen LogP contribution in [0.3, 0.4) is 0 Å². The molecule has 2 nitrogen and oxygen atoms in total. The quantitative estimate of drug-likeness (QED) is 0.924. The van der Waals surface area contributed by atoms with Crippen molar-refractivity contribution in [3.05, 3.63) is 65.7 Å². The second-order valence-electron chi connectivity index (χ2n) is 6.14. The Morgan fingerprint density at radius 1 is 1.05 bits per heavy atom. The Labute approximate surface area is 127 Å². The van der Waals surface area contributed by atoms with Gasteiger partial charge >= 0.3 is 0 Å². The van der Waals surface area contributed by atoms with Crippen molar-refractivity contribution >= 4 is 5.69 Å². The number of hydrogen-bond donors (Lipinski definition) is 1.